The van der Waals surface area contributed by atoms with Gasteiger partial charge in [-0.15, -0.1) is 6.58 Å². The van der Waals surface area contributed by atoms with E-state index in [0.717, 1.165) is 29.8 Å². The molecule has 1 fully saturated rings. The molecule has 3 rings (SSSR count). The van der Waals surface area contributed by atoms with Gasteiger partial charge in [-0.1, -0.05) is 28.7 Å². The van der Waals surface area contributed by atoms with E-state index in [0.29, 0.717) is 24.3 Å². The molecular formula is C18H22IN3O3. The topological polar surface area (TPSA) is 67.7 Å². The highest BCUT2D eigenvalue weighted by Crippen LogP contribution is 2.37. The van der Waals surface area contributed by atoms with Crippen LogP contribution >= 0.6 is 22.6 Å². The molecule has 0 radical (unpaired) electrons. The van der Waals surface area contributed by atoms with Crippen LogP contribution in [0.15, 0.2) is 31.1 Å². The van der Waals surface area contributed by atoms with Crippen molar-refractivity contribution in [2.24, 2.45) is 0 Å². The summed E-state index contributed by atoms with van der Waals surface area (Å²) in [6, 6.07) is 3.77. The number of ether oxygens (including phenoxy) is 2. The molecule has 134 valence electrons. The zero-order chi connectivity index (χ0) is 18.0. The van der Waals surface area contributed by atoms with Gasteiger partial charge in [0.2, 0.25) is 0 Å². The van der Waals surface area contributed by atoms with Crippen molar-refractivity contribution in [3.05, 3.63) is 31.1 Å². The standard InChI is InChI=1S/C18H22IN3O3/c1-4-16(19)18(23)5-7-22(8-6-18)17-12-9-14(24-2)15(25-3)10-13(12)20-11-21-17/h4,9-11,16,23H,1,5-8H2,2-3H3. The van der Waals surface area contributed by atoms with E-state index in [4.69, 9.17) is 9.47 Å². The van der Waals surface area contributed by atoms with E-state index in [-0.39, 0.29) is 3.92 Å². The minimum atomic E-state index is -0.706. The van der Waals surface area contributed by atoms with Crippen LogP contribution in [0.1, 0.15) is 12.8 Å². The molecule has 25 heavy (non-hydrogen) atoms. The van der Waals surface area contributed by atoms with Gasteiger partial charge in [0, 0.05) is 24.5 Å². The lowest BCUT2D eigenvalue weighted by atomic mass is 9.88. The van der Waals surface area contributed by atoms with Crippen molar-refractivity contribution >= 4 is 39.3 Å². The Hall–Kier alpha value is -1.61. The van der Waals surface area contributed by atoms with Crippen LogP contribution in [0.5, 0.6) is 11.5 Å². The van der Waals surface area contributed by atoms with Crippen LogP contribution in [0, 0.1) is 0 Å². The molecule has 1 aromatic heterocycles. The molecule has 6 nitrogen and oxygen atoms in total. The first-order valence-electron chi connectivity index (χ1n) is 8.13. The van der Waals surface area contributed by atoms with Crippen LogP contribution in [0.3, 0.4) is 0 Å². The van der Waals surface area contributed by atoms with Gasteiger partial charge in [0.1, 0.15) is 12.1 Å². The molecule has 0 bridgehead atoms. The van der Waals surface area contributed by atoms with Crippen LogP contribution < -0.4 is 14.4 Å². The van der Waals surface area contributed by atoms with E-state index in [9.17, 15) is 5.11 Å². The first-order chi connectivity index (χ1) is 12.0. The minimum Gasteiger partial charge on any atom is -0.493 e. The molecular weight excluding hydrogens is 433 g/mol. The lowest BCUT2D eigenvalue weighted by molar-refractivity contribution is 0.0279. The number of aliphatic hydroxyl groups is 1. The predicted molar refractivity (Wildman–Crippen MR) is 107 cm³/mol. The number of nitrogens with zero attached hydrogens (tertiary/aromatic N) is 3. The maximum Gasteiger partial charge on any atom is 0.162 e. The fraction of sp³-hybridized carbons (Fsp3) is 0.444. The van der Waals surface area contributed by atoms with Crippen molar-refractivity contribution in [3.63, 3.8) is 0 Å². The van der Waals surface area contributed by atoms with Gasteiger partial charge in [-0.05, 0) is 18.9 Å². The smallest absolute Gasteiger partial charge is 0.162 e. The number of piperidine rings is 1. The summed E-state index contributed by atoms with van der Waals surface area (Å²) in [5, 5.41) is 11.7. The van der Waals surface area contributed by atoms with E-state index in [2.05, 4.69) is 44.0 Å². The van der Waals surface area contributed by atoms with Crippen molar-refractivity contribution < 1.29 is 14.6 Å². The number of hydrogen-bond donors (Lipinski definition) is 1. The Bertz CT molecular complexity index is 775. The van der Waals surface area contributed by atoms with Gasteiger partial charge in [0.15, 0.2) is 11.5 Å². The highest BCUT2D eigenvalue weighted by Gasteiger charge is 2.37. The maximum absolute atomic E-state index is 10.8. The summed E-state index contributed by atoms with van der Waals surface area (Å²) in [4.78, 5) is 11.0. The second-order valence-corrected chi connectivity index (χ2v) is 7.49. The number of alkyl halides is 1. The second kappa shape index (κ2) is 7.33. The molecule has 7 heteroatoms. The summed E-state index contributed by atoms with van der Waals surface area (Å²) in [6.45, 7) is 5.26. The van der Waals surface area contributed by atoms with Crippen molar-refractivity contribution in [1.29, 1.82) is 0 Å². The zero-order valence-corrected chi connectivity index (χ0v) is 16.6. The van der Waals surface area contributed by atoms with Crippen LogP contribution in [0.2, 0.25) is 0 Å². The van der Waals surface area contributed by atoms with Crippen molar-refractivity contribution in [2.45, 2.75) is 22.4 Å². The van der Waals surface area contributed by atoms with Gasteiger partial charge in [-0.25, -0.2) is 9.97 Å². The van der Waals surface area contributed by atoms with Gasteiger partial charge in [0.05, 0.1) is 29.3 Å². The maximum atomic E-state index is 10.8. The molecule has 1 atom stereocenters. The SMILES string of the molecule is C=CC(I)C1(O)CCN(c2ncnc3cc(OC)c(OC)cc23)CC1. The number of aromatic nitrogens is 2. The largest absolute Gasteiger partial charge is 0.493 e. The lowest BCUT2D eigenvalue weighted by Crippen LogP contribution is -2.49. The van der Waals surface area contributed by atoms with E-state index >= 15 is 0 Å². The third-order valence-corrected chi connectivity index (χ3v) is 6.44. The molecule has 0 amide bonds. The lowest BCUT2D eigenvalue weighted by Gasteiger charge is -2.40. The summed E-state index contributed by atoms with van der Waals surface area (Å²) in [7, 11) is 3.22. The van der Waals surface area contributed by atoms with Gasteiger partial charge in [-0.2, -0.15) is 0 Å². The Kier molecular flexibility index (Phi) is 5.33. The average Bonchev–Trinajstić information content (AvgIpc) is 2.66. The summed E-state index contributed by atoms with van der Waals surface area (Å²) in [5.41, 5.74) is 0.101. The summed E-state index contributed by atoms with van der Waals surface area (Å²) in [6.07, 6.45) is 4.72. The third-order valence-electron chi connectivity index (χ3n) is 4.77. The minimum absolute atomic E-state index is 0.0405. The number of methoxy groups -OCH3 is 2. The van der Waals surface area contributed by atoms with Crippen LogP contribution in [-0.2, 0) is 0 Å². The quantitative estimate of drug-likeness (QED) is 0.425. The Labute approximate surface area is 161 Å². The first kappa shape index (κ1) is 18.2. The molecule has 1 aliphatic rings. The number of benzene rings is 1. The fourth-order valence-electron chi connectivity index (χ4n) is 3.22. The predicted octanol–water partition coefficient (Wildman–Crippen LogP) is 2.97. The number of halogens is 1. The Morgan fingerprint density at radius 1 is 1.24 bits per heavy atom. The van der Waals surface area contributed by atoms with Gasteiger partial charge >= 0.3 is 0 Å². The Morgan fingerprint density at radius 3 is 2.48 bits per heavy atom. The number of anilines is 1. The first-order valence-corrected chi connectivity index (χ1v) is 9.37. The molecule has 0 saturated carbocycles. The van der Waals surface area contributed by atoms with Gasteiger partial charge < -0.3 is 19.5 Å². The summed E-state index contributed by atoms with van der Waals surface area (Å²) < 4.78 is 10.8. The molecule has 0 aliphatic carbocycles. The van der Waals surface area contributed by atoms with E-state index in [1.807, 2.05) is 18.2 Å². The van der Waals surface area contributed by atoms with E-state index < -0.39 is 5.60 Å². The zero-order valence-electron chi connectivity index (χ0n) is 14.4. The number of fused-ring (bicyclic) bond motifs is 1. The average molecular weight is 455 g/mol. The van der Waals surface area contributed by atoms with E-state index in [1.54, 1.807) is 20.5 Å². The summed E-state index contributed by atoms with van der Waals surface area (Å²) in [5.74, 6) is 2.15. The number of rotatable bonds is 5. The number of hydrogen-bond acceptors (Lipinski definition) is 6. The Balaban J connectivity index is 1.93. The van der Waals surface area contributed by atoms with Crippen molar-refractivity contribution in [3.8, 4) is 11.5 Å². The molecule has 1 aliphatic heterocycles. The van der Waals surface area contributed by atoms with Crippen LogP contribution in [0.25, 0.3) is 10.9 Å². The highest BCUT2D eigenvalue weighted by molar-refractivity contribution is 14.1. The normalized spacial score (nSPS) is 18.0. The third kappa shape index (κ3) is 3.39. The molecule has 2 heterocycles. The van der Waals surface area contributed by atoms with Crippen LogP contribution in [-0.4, -0.2) is 51.9 Å². The van der Waals surface area contributed by atoms with Crippen LogP contribution in [0.4, 0.5) is 5.82 Å². The molecule has 0 spiro atoms. The monoisotopic (exact) mass is 455 g/mol. The van der Waals surface area contributed by atoms with E-state index in [1.165, 1.54) is 0 Å². The fourth-order valence-corrected chi connectivity index (χ4v) is 3.85. The molecule has 1 saturated heterocycles. The molecule has 1 N–H and O–H groups in total. The van der Waals surface area contributed by atoms with Gasteiger partial charge in [0.25, 0.3) is 0 Å². The van der Waals surface area contributed by atoms with Gasteiger partial charge in [-0.3, -0.25) is 0 Å². The Morgan fingerprint density at radius 2 is 1.88 bits per heavy atom. The second-order valence-electron chi connectivity index (χ2n) is 6.15. The summed E-state index contributed by atoms with van der Waals surface area (Å²) >= 11 is 2.25. The molecule has 2 aromatic rings. The van der Waals surface area contributed by atoms with Crippen molar-refractivity contribution in [1.82, 2.24) is 9.97 Å². The highest BCUT2D eigenvalue weighted by atomic mass is 127. The molecule has 1 aromatic carbocycles. The molecule has 1 unspecified atom stereocenters. The van der Waals surface area contributed by atoms with Crippen molar-refractivity contribution in [2.75, 3.05) is 32.2 Å².